The third-order valence-electron chi connectivity index (χ3n) is 2.11. The van der Waals surface area contributed by atoms with E-state index in [1.807, 2.05) is 0 Å². The first-order valence-corrected chi connectivity index (χ1v) is 4.58. The van der Waals surface area contributed by atoms with E-state index in [4.69, 9.17) is 11.6 Å². The van der Waals surface area contributed by atoms with Gasteiger partial charge in [0, 0.05) is 19.0 Å². The van der Waals surface area contributed by atoms with Crippen LogP contribution in [0.2, 0.25) is 0 Å². The Balaban J connectivity index is 1.98. The average molecular weight is 176 g/mol. The van der Waals surface area contributed by atoms with Crippen molar-refractivity contribution in [1.29, 1.82) is 0 Å². The maximum atomic E-state index is 10.3. The van der Waals surface area contributed by atoms with E-state index in [9.17, 15) is 4.79 Å². The summed E-state index contributed by atoms with van der Waals surface area (Å²) in [6.07, 6.45) is 5.63. The largest absolute Gasteiger partial charge is 0.313 e. The van der Waals surface area contributed by atoms with Crippen molar-refractivity contribution < 1.29 is 4.79 Å². The second kappa shape index (κ2) is 4.73. The maximum absolute atomic E-state index is 10.3. The average Bonchev–Trinajstić information content (AvgIpc) is 2.39. The number of rotatable bonds is 4. The fourth-order valence-corrected chi connectivity index (χ4v) is 1.60. The predicted octanol–water partition coefficient (Wildman–Crippen LogP) is 1.67. The van der Waals surface area contributed by atoms with E-state index in [2.05, 4.69) is 5.32 Å². The van der Waals surface area contributed by atoms with Crippen molar-refractivity contribution in [1.82, 2.24) is 5.32 Å². The minimum atomic E-state index is -0.240. The topological polar surface area (TPSA) is 29.1 Å². The summed E-state index contributed by atoms with van der Waals surface area (Å²) in [5, 5.41) is 3.07. The Morgan fingerprint density at radius 1 is 1.45 bits per heavy atom. The van der Waals surface area contributed by atoms with Crippen molar-refractivity contribution in [2.24, 2.45) is 0 Å². The van der Waals surface area contributed by atoms with E-state index in [1.165, 1.54) is 25.7 Å². The zero-order chi connectivity index (χ0) is 8.10. The van der Waals surface area contributed by atoms with Gasteiger partial charge in [0.15, 0.2) is 0 Å². The Hall–Kier alpha value is -0.0800. The first-order chi connectivity index (χ1) is 5.29. The molecule has 0 bridgehead atoms. The van der Waals surface area contributed by atoms with Gasteiger partial charge in [-0.2, -0.15) is 0 Å². The van der Waals surface area contributed by atoms with Crippen LogP contribution in [0.4, 0.5) is 0 Å². The Labute approximate surface area is 72.3 Å². The first-order valence-electron chi connectivity index (χ1n) is 4.21. The van der Waals surface area contributed by atoms with Crippen LogP contribution in [0.5, 0.6) is 0 Å². The summed E-state index contributed by atoms with van der Waals surface area (Å²) in [5.41, 5.74) is 0. The van der Waals surface area contributed by atoms with Gasteiger partial charge in [-0.3, -0.25) is 4.79 Å². The van der Waals surface area contributed by atoms with E-state index in [1.54, 1.807) is 0 Å². The zero-order valence-electron chi connectivity index (χ0n) is 6.61. The van der Waals surface area contributed by atoms with Gasteiger partial charge in [0.25, 0.3) is 0 Å². The number of hydrogen-bond acceptors (Lipinski definition) is 2. The summed E-state index contributed by atoms with van der Waals surface area (Å²) in [7, 11) is 0. The van der Waals surface area contributed by atoms with Gasteiger partial charge in [-0.1, -0.05) is 12.8 Å². The number of halogens is 1. The Morgan fingerprint density at radius 3 is 2.64 bits per heavy atom. The molecule has 64 valence electrons. The molecule has 0 saturated heterocycles. The molecule has 0 aliphatic heterocycles. The van der Waals surface area contributed by atoms with Gasteiger partial charge in [0.05, 0.1) is 0 Å². The fourth-order valence-electron chi connectivity index (χ4n) is 1.50. The van der Waals surface area contributed by atoms with Crippen LogP contribution in [0.15, 0.2) is 0 Å². The van der Waals surface area contributed by atoms with E-state index >= 15 is 0 Å². The molecule has 11 heavy (non-hydrogen) atoms. The number of carbonyl (C=O) groups excluding carboxylic acids is 1. The summed E-state index contributed by atoms with van der Waals surface area (Å²) in [4.78, 5) is 10.3. The van der Waals surface area contributed by atoms with Crippen molar-refractivity contribution in [2.75, 3.05) is 6.54 Å². The molecular weight excluding hydrogens is 162 g/mol. The molecule has 0 aromatic carbocycles. The van der Waals surface area contributed by atoms with Crippen LogP contribution in [-0.2, 0) is 4.79 Å². The van der Waals surface area contributed by atoms with E-state index < -0.39 is 0 Å². The second-order valence-corrected chi connectivity index (χ2v) is 3.46. The molecule has 3 heteroatoms. The highest BCUT2D eigenvalue weighted by Gasteiger charge is 2.13. The van der Waals surface area contributed by atoms with Crippen molar-refractivity contribution in [3.05, 3.63) is 0 Å². The molecule has 0 amide bonds. The highest BCUT2D eigenvalue weighted by molar-refractivity contribution is 6.63. The van der Waals surface area contributed by atoms with Gasteiger partial charge in [-0.15, -0.1) is 0 Å². The van der Waals surface area contributed by atoms with Crippen LogP contribution in [0.25, 0.3) is 0 Å². The van der Waals surface area contributed by atoms with E-state index in [0.717, 1.165) is 6.54 Å². The van der Waals surface area contributed by atoms with E-state index in [0.29, 0.717) is 12.5 Å². The van der Waals surface area contributed by atoms with Gasteiger partial charge < -0.3 is 5.32 Å². The Kier molecular flexibility index (Phi) is 3.87. The molecule has 0 radical (unpaired) electrons. The van der Waals surface area contributed by atoms with Crippen LogP contribution in [0.1, 0.15) is 32.1 Å². The molecule has 2 nitrogen and oxygen atoms in total. The highest BCUT2D eigenvalue weighted by atomic mass is 35.5. The first kappa shape index (κ1) is 9.01. The normalized spacial score (nSPS) is 19.0. The molecular formula is C8H14ClNO. The van der Waals surface area contributed by atoms with Crippen molar-refractivity contribution in [3.63, 3.8) is 0 Å². The van der Waals surface area contributed by atoms with Gasteiger partial charge in [0.2, 0.25) is 5.24 Å². The standard InChI is InChI=1S/C8H14ClNO/c9-8(11)5-6-10-7-3-1-2-4-7/h7,10H,1-6H2. The van der Waals surface area contributed by atoms with Crippen LogP contribution < -0.4 is 5.32 Å². The lowest BCUT2D eigenvalue weighted by Crippen LogP contribution is -2.27. The molecule has 1 N–H and O–H groups in total. The molecule has 0 atom stereocenters. The lowest BCUT2D eigenvalue weighted by molar-refractivity contribution is -0.111. The molecule has 0 aromatic heterocycles. The number of nitrogens with one attached hydrogen (secondary N) is 1. The second-order valence-electron chi connectivity index (χ2n) is 3.04. The van der Waals surface area contributed by atoms with Crippen LogP contribution in [-0.4, -0.2) is 17.8 Å². The predicted molar refractivity (Wildman–Crippen MR) is 45.7 cm³/mol. The summed E-state index contributed by atoms with van der Waals surface area (Å²) in [6.45, 7) is 0.743. The molecule has 0 spiro atoms. The zero-order valence-corrected chi connectivity index (χ0v) is 7.36. The van der Waals surface area contributed by atoms with Crippen molar-refractivity contribution in [2.45, 2.75) is 38.1 Å². The molecule has 1 rings (SSSR count). The molecule has 0 aromatic rings. The van der Waals surface area contributed by atoms with Crippen molar-refractivity contribution in [3.8, 4) is 0 Å². The molecule has 1 saturated carbocycles. The number of hydrogen-bond donors (Lipinski definition) is 1. The molecule has 1 aliphatic rings. The minimum absolute atomic E-state index is 0.240. The third kappa shape index (κ3) is 3.73. The fraction of sp³-hybridized carbons (Fsp3) is 0.875. The highest BCUT2D eigenvalue weighted by Crippen LogP contribution is 2.17. The van der Waals surface area contributed by atoms with Crippen LogP contribution in [0, 0.1) is 0 Å². The van der Waals surface area contributed by atoms with Gasteiger partial charge in [0.1, 0.15) is 0 Å². The summed E-state index contributed by atoms with van der Waals surface area (Å²) in [6, 6.07) is 0.644. The summed E-state index contributed by atoms with van der Waals surface area (Å²) in [5.74, 6) is 0. The Bertz CT molecular complexity index is 132. The number of carbonyl (C=O) groups is 1. The molecule has 0 heterocycles. The lowest BCUT2D eigenvalue weighted by Gasteiger charge is -2.09. The molecule has 1 aliphatic carbocycles. The quantitative estimate of drug-likeness (QED) is 0.659. The summed E-state index contributed by atoms with van der Waals surface area (Å²) < 4.78 is 0. The Morgan fingerprint density at radius 2 is 2.09 bits per heavy atom. The smallest absolute Gasteiger partial charge is 0.222 e. The molecule has 1 fully saturated rings. The summed E-state index contributed by atoms with van der Waals surface area (Å²) >= 11 is 5.18. The van der Waals surface area contributed by atoms with Gasteiger partial charge >= 0.3 is 0 Å². The van der Waals surface area contributed by atoms with Crippen LogP contribution in [0.3, 0.4) is 0 Å². The lowest BCUT2D eigenvalue weighted by atomic mass is 10.2. The van der Waals surface area contributed by atoms with E-state index in [-0.39, 0.29) is 5.24 Å². The SMILES string of the molecule is O=C(Cl)CCNC1CCCC1. The maximum Gasteiger partial charge on any atom is 0.222 e. The van der Waals surface area contributed by atoms with Gasteiger partial charge in [-0.05, 0) is 24.4 Å². The van der Waals surface area contributed by atoms with Gasteiger partial charge in [-0.25, -0.2) is 0 Å². The molecule has 0 unspecified atom stereocenters. The third-order valence-corrected chi connectivity index (χ3v) is 2.30. The van der Waals surface area contributed by atoms with Crippen LogP contribution >= 0.6 is 11.6 Å². The van der Waals surface area contributed by atoms with Crippen molar-refractivity contribution >= 4 is 16.8 Å². The monoisotopic (exact) mass is 175 g/mol. The minimum Gasteiger partial charge on any atom is -0.313 e.